The molecule has 1 aliphatic carbocycles. The molecule has 0 radical (unpaired) electrons. The van der Waals surface area contributed by atoms with Gasteiger partial charge < -0.3 is 19.3 Å². The van der Waals surface area contributed by atoms with Crippen LogP contribution in [0.2, 0.25) is 0 Å². The van der Waals surface area contributed by atoms with Crippen molar-refractivity contribution in [1.29, 1.82) is 0 Å². The molecule has 3 aliphatic heterocycles. The van der Waals surface area contributed by atoms with Gasteiger partial charge in [-0.2, -0.15) is 0 Å². The van der Waals surface area contributed by atoms with E-state index in [0.717, 1.165) is 41.7 Å². The SMILES string of the molecule is COc1ccc(N2CCC3(CN(C(=O)CN4CCOC5=C4C/C=C\CC(Cl)=C5)C3)N2)nn1. The van der Waals surface area contributed by atoms with Crippen LogP contribution in [0.1, 0.15) is 19.3 Å². The number of nitrogens with zero attached hydrogens (tertiary/aromatic N) is 5. The molecule has 170 valence electrons. The lowest BCUT2D eigenvalue weighted by Gasteiger charge is -2.48. The fourth-order valence-electron chi connectivity index (χ4n) is 4.58. The number of anilines is 1. The highest BCUT2D eigenvalue weighted by atomic mass is 35.5. The highest BCUT2D eigenvalue weighted by Crippen LogP contribution is 2.32. The van der Waals surface area contributed by atoms with E-state index in [1.165, 1.54) is 0 Å². The van der Waals surface area contributed by atoms with Gasteiger partial charge in [0.1, 0.15) is 12.4 Å². The number of hydrazine groups is 1. The molecule has 4 heterocycles. The number of amides is 1. The molecule has 10 heteroatoms. The van der Waals surface area contributed by atoms with Gasteiger partial charge in [-0.15, -0.1) is 10.2 Å². The van der Waals surface area contributed by atoms with Gasteiger partial charge in [0.15, 0.2) is 5.82 Å². The number of carbonyl (C=O) groups excluding carboxylic acids is 1. The molecule has 1 aromatic rings. The van der Waals surface area contributed by atoms with Crippen LogP contribution in [-0.4, -0.2) is 77.9 Å². The molecule has 0 bridgehead atoms. The van der Waals surface area contributed by atoms with Crippen LogP contribution < -0.4 is 15.2 Å². The van der Waals surface area contributed by atoms with Crippen LogP contribution >= 0.6 is 11.6 Å². The lowest BCUT2D eigenvalue weighted by molar-refractivity contribution is -0.140. The maximum absolute atomic E-state index is 13.0. The topological polar surface area (TPSA) is 83.1 Å². The Morgan fingerprint density at radius 3 is 2.88 bits per heavy atom. The normalized spacial score (nSPS) is 23.1. The summed E-state index contributed by atoms with van der Waals surface area (Å²) in [4.78, 5) is 17.1. The lowest BCUT2D eigenvalue weighted by Crippen LogP contribution is -2.70. The quantitative estimate of drug-likeness (QED) is 0.684. The van der Waals surface area contributed by atoms with Crippen molar-refractivity contribution in [3.05, 3.63) is 46.8 Å². The molecule has 2 saturated heterocycles. The molecule has 0 aromatic carbocycles. The van der Waals surface area contributed by atoms with Crippen LogP contribution in [0, 0.1) is 0 Å². The third-order valence-corrected chi connectivity index (χ3v) is 6.59. The fraction of sp³-hybridized carbons (Fsp3) is 0.500. The van der Waals surface area contributed by atoms with Gasteiger partial charge in [-0.05, 0) is 18.6 Å². The number of nitrogens with one attached hydrogen (secondary N) is 1. The molecule has 4 aliphatic rings. The van der Waals surface area contributed by atoms with Gasteiger partial charge in [-0.3, -0.25) is 9.80 Å². The van der Waals surface area contributed by atoms with E-state index in [1.807, 2.05) is 22.1 Å². The zero-order valence-corrected chi connectivity index (χ0v) is 18.8. The summed E-state index contributed by atoms with van der Waals surface area (Å²) >= 11 is 6.27. The number of likely N-dealkylation sites (tertiary alicyclic amines) is 1. The Balaban J connectivity index is 1.19. The van der Waals surface area contributed by atoms with Gasteiger partial charge in [-0.1, -0.05) is 23.8 Å². The molecule has 0 atom stereocenters. The number of aromatic nitrogens is 2. The maximum Gasteiger partial charge on any atom is 0.242 e. The second-order valence-corrected chi connectivity index (χ2v) is 9.01. The van der Waals surface area contributed by atoms with Crippen molar-refractivity contribution in [2.45, 2.75) is 24.8 Å². The summed E-state index contributed by atoms with van der Waals surface area (Å²) in [6.07, 6.45) is 8.44. The summed E-state index contributed by atoms with van der Waals surface area (Å²) in [6, 6.07) is 3.68. The van der Waals surface area contributed by atoms with E-state index in [9.17, 15) is 4.79 Å². The largest absolute Gasteiger partial charge is 0.490 e. The molecule has 5 rings (SSSR count). The molecule has 1 aromatic heterocycles. The summed E-state index contributed by atoms with van der Waals surface area (Å²) in [5.41, 5.74) is 4.47. The fourth-order valence-corrected chi connectivity index (χ4v) is 4.76. The molecular weight excluding hydrogens is 432 g/mol. The van der Waals surface area contributed by atoms with Crippen molar-refractivity contribution < 1.29 is 14.3 Å². The predicted octanol–water partition coefficient (Wildman–Crippen LogP) is 1.80. The van der Waals surface area contributed by atoms with Gasteiger partial charge in [0.25, 0.3) is 0 Å². The molecule has 2 fully saturated rings. The van der Waals surface area contributed by atoms with Crippen molar-refractivity contribution in [3.8, 4) is 5.88 Å². The van der Waals surface area contributed by atoms with Crippen LogP contribution in [0.4, 0.5) is 5.82 Å². The molecule has 0 unspecified atom stereocenters. The Hall–Kier alpha value is -2.78. The molecule has 0 saturated carbocycles. The first-order chi connectivity index (χ1) is 15.5. The van der Waals surface area contributed by atoms with Gasteiger partial charge in [0, 0.05) is 43.6 Å². The van der Waals surface area contributed by atoms with E-state index in [1.54, 1.807) is 13.2 Å². The van der Waals surface area contributed by atoms with Gasteiger partial charge >= 0.3 is 0 Å². The van der Waals surface area contributed by atoms with Crippen LogP contribution in [0.5, 0.6) is 5.88 Å². The number of halogens is 1. The molecule has 1 N–H and O–H groups in total. The van der Waals surface area contributed by atoms with Crippen LogP contribution in [-0.2, 0) is 9.53 Å². The number of allylic oxidation sites excluding steroid dienone is 4. The highest BCUT2D eigenvalue weighted by molar-refractivity contribution is 6.29. The third-order valence-electron chi connectivity index (χ3n) is 6.33. The van der Waals surface area contributed by atoms with Gasteiger partial charge in [0.05, 0.1) is 31.4 Å². The first-order valence-corrected chi connectivity index (χ1v) is 11.3. The van der Waals surface area contributed by atoms with E-state index in [0.29, 0.717) is 45.1 Å². The van der Waals surface area contributed by atoms with Crippen molar-refractivity contribution >= 4 is 23.3 Å². The second kappa shape index (κ2) is 8.63. The van der Waals surface area contributed by atoms with E-state index in [2.05, 4.69) is 32.7 Å². The number of rotatable bonds is 4. The standard InChI is InChI=1S/C22H27ClN6O3/c1-31-20-7-6-19(24-25-20)29-9-8-22(26-29)14-28(15-22)21(30)13-27-10-11-32-18-12-16(23)4-2-3-5-17(18)27/h2-3,6-7,12,26H,4-5,8-11,13-15H2,1H3/b3-2-,16-12?. The summed E-state index contributed by atoms with van der Waals surface area (Å²) in [6.45, 7) is 3.81. The van der Waals surface area contributed by atoms with Crippen molar-refractivity contribution in [2.75, 3.05) is 51.4 Å². The molecule has 9 nitrogen and oxygen atoms in total. The Kier molecular flexibility index (Phi) is 5.69. The number of hydrogen-bond donors (Lipinski definition) is 1. The lowest BCUT2D eigenvalue weighted by atomic mass is 9.88. The Bertz CT molecular complexity index is 970. The molecule has 32 heavy (non-hydrogen) atoms. The maximum atomic E-state index is 13.0. The summed E-state index contributed by atoms with van der Waals surface area (Å²) in [5.74, 6) is 2.16. The highest BCUT2D eigenvalue weighted by Gasteiger charge is 2.49. The van der Waals surface area contributed by atoms with E-state index >= 15 is 0 Å². The minimum atomic E-state index is -0.0913. The summed E-state index contributed by atoms with van der Waals surface area (Å²) < 4.78 is 10.9. The van der Waals surface area contributed by atoms with Crippen LogP contribution in [0.15, 0.2) is 46.8 Å². The van der Waals surface area contributed by atoms with E-state index in [4.69, 9.17) is 21.1 Å². The molecular formula is C22H27ClN6O3. The van der Waals surface area contributed by atoms with Crippen molar-refractivity contribution in [3.63, 3.8) is 0 Å². The number of hydrogen-bond acceptors (Lipinski definition) is 8. The number of methoxy groups -OCH3 is 1. The summed E-state index contributed by atoms with van der Waals surface area (Å²) in [7, 11) is 1.57. The average Bonchev–Trinajstić information content (AvgIpc) is 3.21. The van der Waals surface area contributed by atoms with Gasteiger partial charge in [-0.25, -0.2) is 5.43 Å². The number of carbonyl (C=O) groups is 1. The van der Waals surface area contributed by atoms with E-state index in [-0.39, 0.29) is 11.4 Å². The average molecular weight is 459 g/mol. The predicted molar refractivity (Wildman–Crippen MR) is 120 cm³/mol. The Morgan fingerprint density at radius 2 is 2.09 bits per heavy atom. The van der Waals surface area contributed by atoms with Gasteiger partial charge in [0.2, 0.25) is 11.8 Å². The van der Waals surface area contributed by atoms with Crippen molar-refractivity contribution in [1.82, 2.24) is 25.4 Å². The van der Waals surface area contributed by atoms with Crippen molar-refractivity contribution in [2.24, 2.45) is 0 Å². The Morgan fingerprint density at radius 1 is 1.25 bits per heavy atom. The summed E-state index contributed by atoms with van der Waals surface area (Å²) in [5, 5.41) is 11.0. The second-order valence-electron chi connectivity index (χ2n) is 8.53. The minimum absolute atomic E-state index is 0.0913. The monoisotopic (exact) mass is 458 g/mol. The molecule has 1 amide bonds. The smallest absolute Gasteiger partial charge is 0.242 e. The number of ether oxygens (including phenoxy) is 2. The Labute approximate surface area is 192 Å². The van der Waals surface area contributed by atoms with E-state index < -0.39 is 0 Å². The molecule has 1 spiro atoms. The first kappa shape index (κ1) is 21.1. The first-order valence-electron chi connectivity index (χ1n) is 10.9. The zero-order chi connectivity index (χ0) is 22.1. The zero-order valence-electron chi connectivity index (χ0n) is 18.1. The minimum Gasteiger partial charge on any atom is -0.490 e. The van der Waals surface area contributed by atoms with Crippen LogP contribution in [0.25, 0.3) is 0 Å². The third kappa shape index (κ3) is 4.14. The van der Waals surface area contributed by atoms with Crippen LogP contribution in [0.3, 0.4) is 0 Å².